The third kappa shape index (κ3) is 3.69. The Bertz CT molecular complexity index is 365. The smallest absolute Gasteiger partial charge is 0.138 e. The molecule has 0 aliphatic rings. The summed E-state index contributed by atoms with van der Waals surface area (Å²) in [6, 6.07) is 4.72. The highest BCUT2D eigenvalue weighted by molar-refractivity contribution is 9.10. The number of hydrogen-bond donors (Lipinski definition) is 0. The van der Waals surface area contributed by atoms with Gasteiger partial charge in [-0.3, -0.25) is 0 Å². The van der Waals surface area contributed by atoms with E-state index in [4.69, 9.17) is 11.6 Å². The van der Waals surface area contributed by atoms with Gasteiger partial charge in [-0.1, -0.05) is 27.8 Å². The van der Waals surface area contributed by atoms with Gasteiger partial charge in [-0.25, -0.2) is 4.39 Å². The minimum Gasteiger partial charge on any atom is -0.206 e. The molecule has 0 radical (unpaired) electrons. The largest absolute Gasteiger partial charge is 0.206 e. The molecule has 14 heavy (non-hydrogen) atoms. The first-order chi connectivity index (χ1) is 6.74. The average Bonchev–Trinajstić information content (AvgIpc) is 2.18. The maximum Gasteiger partial charge on any atom is 0.138 e. The van der Waals surface area contributed by atoms with Crippen LogP contribution < -0.4 is 0 Å². The lowest BCUT2D eigenvalue weighted by Gasteiger charge is -1.94. The van der Waals surface area contributed by atoms with E-state index in [9.17, 15) is 4.39 Å². The Morgan fingerprint density at radius 2 is 2.21 bits per heavy atom. The van der Waals surface area contributed by atoms with E-state index < -0.39 is 0 Å². The summed E-state index contributed by atoms with van der Waals surface area (Å²) in [5, 5.41) is 0. The van der Waals surface area contributed by atoms with Crippen LogP contribution in [0.2, 0.25) is 0 Å². The van der Waals surface area contributed by atoms with Crippen molar-refractivity contribution in [3.63, 3.8) is 0 Å². The van der Waals surface area contributed by atoms with Gasteiger partial charge in [0, 0.05) is 16.8 Å². The molecule has 0 unspecified atom stereocenters. The molecular formula is C11H9BrClF. The molecule has 0 aromatic heterocycles. The molecule has 0 fully saturated rings. The van der Waals surface area contributed by atoms with Gasteiger partial charge in [0.15, 0.2) is 0 Å². The molecule has 0 N–H and O–H groups in total. The summed E-state index contributed by atoms with van der Waals surface area (Å²) < 4.78 is 14.0. The number of alkyl halides is 1. The predicted octanol–water partition coefficient (Wildman–Crippen LogP) is 3.96. The highest BCUT2D eigenvalue weighted by atomic mass is 79.9. The topological polar surface area (TPSA) is 0 Å². The fraction of sp³-hybridized carbons (Fsp3) is 0.273. The van der Waals surface area contributed by atoms with Crippen molar-refractivity contribution in [1.82, 2.24) is 0 Å². The Hall–Kier alpha value is -0.520. The minimum absolute atomic E-state index is 0.286. The van der Waals surface area contributed by atoms with E-state index in [1.807, 2.05) is 0 Å². The van der Waals surface area contributed by atoms with E-state index in [0.29, 0.717) is 17.9 Å². The maximum absolute atomic E-state index is 13.1. The minimum atomic E-state index is -0.286. The van der Waals surface area contributed by atoms with Crippen LogP contribution in [-0.4, -0.2) is 5.88 Å². The standard InChI is InChI=1S/C11H9BrClF/c12-10-5-6-11(14)9(8-10)4-2-1-3-7-13/h5-6,8H,1,3,7H2. The summed E-state index contributed by atoms with van der Waals surface area (Å²) in [7, 11) is 0. The van der Waals surface area contributed by atoms with Crippen molar-refractivity contribution in [2.24, 2.45) is 0 Å². The molecule has 0 nitrogen and oxygen atoms in total. The van der Waals surface area contributed by atoms with Gasteiger partial charge in [0.2, 0.25) is 0 Å². The monoisotopic (exact) mass is 274 g/mol. The highest BCUT2D eigenvalue weighted by Gasteiger charge is 1.98. The van der Waals surface area contributed by atoms with Gasteiger partial charge < -0.3 is 0 Å². The second-order valence-electron chi connectivity index (χ2n) is 2.72. The van der Waals surface area contributed by atoms with Crippen molar-refractivity contribution in [3.8, 4) is 11.8 Å². The van der Waals surface area contributed by atoms with Crippen molar-refractivity contribution in [2.45, 2.75) is 12.8 Å². The molecule has 0 saturated carbocycles. The number of hydrogen-bond acceptors (Lipinski definition) is 0. The molecule has 0 bridgehead atoms. The Balaban J connectivity index is 2.73. The van der Waals surface area contributed by atoms with Gasteiger partial charge in [0.1, 0.15) is 5.82 Å². The normalized spacial score (nSPS) is 9.36. The molecule has 0 spiro atoms. The van der Waals surface area contributed by atoms with Gasteiger partial charge in [-0.15, -0.1) is 11.6 Å². The molecule has 0 amide bonds. The van der Waals surface area contributed by atoms with Gasteiger partial charge in [-0.05, 0) is 24.6 Å². The van der Waals surface area contributed by atoms with Crippen LogP contribution in [0, 0.1) is 17.7 Å². The summed E-state index contributed by atoms with van der Waals surface area (Å²) in [6.07, 6.45) is 1.54. The molecule has 1 rings (SSSR count). The number of rotatable bonds is 2. The molecule has 3 heteroatoms. The van der Waals surface area contributed by atoms with Crippen LogP contribution in [0.1, 0.15) is 18.4 Å². The summed E-state index contributed by atoms with van der Waals surface area (Å²) in [4.78, 5) is 0. The molecule has 74 valence electrons. The summed E-state index contributed by atoms with van der Waals surface area (Å²) in [6.45, 7) is 0. The van der Waals surface area contributed by atoms with E-state index in [1.54, 1.807) is 12.1 Å². The first-order valence-electron chi connectivity index (χ1n) is 4.24. The molecule has 0 heterocycles. The molecule has 0 aliphatic carbocycles. The Labute approximate surface area is 96.6 Å². The zero-order valence-electron chi connectivity index (χ0n) is 7.49. The second-order valence-corrected chi connectivity index (χ2v) is 4.01. The van der Waals surface area contributed by atoms with Crippen LogP contribution in [0.4, 0.5) is 4.39 Å². The fourth-order valence-corrected chi connectivity index (χ4v) is 1.40. The fourth-order valence-electron chi connectivity index (χ4n) is 0.906. The number of unbranched alkanes of at least 4 members (excludes halogenated alkanes) is 1. The predicted molar refractivity (Wildman–Crippen MR) is 60.9 cm³/mol. The van der Waals surface area contributed by atoms with Crippen LogP contribution >= 0.6 is 27.5 Å². The van der Waals surface area contributed by atoms with E-state index in [2.05, 4.69) is 27.8 Å². The molecule has 0 saturated heterocycles. The Morgan fingerprint density at radius 3 is 2.93 bits per heavy atom. The maximum atomic E-state index is 13.1. The van der Waals surface area contributed by atoms with E-state index >= 15 is 0 Å². The molecule has 0 atom stereocenters. The van der Waals surface area contributed by atoms with Crippen LogP contribution in [0.5, 0.6) is 0 Å². The zero-order valence-corrected chi connectivity index (χ0v) is 9.83. The first kappa shape index (κ1) is 11.6. The third-order valence-electron chi connectivity index (χ3n) is 1.59. The van der Waals surface area contributed by atoms with Crippen molar-refractivity contribution >= 4 is 27.5 Å². The SMILES string of the molecule is Fc1ccc(Br)cc1C#CCCCCl. The number of halogens is 3. The molecular weight excluding hydrogens is 266 g/mol. The van der Waals surface area contributed by atoms with Crippen molar-refractivity contribution in [2.75, 3.05) is 5.88 Å². The lowest BCUT2D eigenvalue weighted by Crippen LogP contribution is -1.82. The van der Waals surface area contributed by atoms with Gasteiger partial charge in [0.25, 0.3) is 0 Å². The van der Waals surface area contributed by atoms with Crippen LogP contribution in [0.15, 0.2) is 22.7 Å². The van der Waals surface area contributed by atoms with Crippen molar-refractivity contribution < 1.29 is 4.39 Å². The van der Waals surface area contributed by atoms with Crippen molar-refractivity contribution in [3.05, 3.63) is 34.1 Å². The Morgan fingerprint density at radius 1 is 1.43 bits per heavy atom. The van der Waals surface area contributed by atoms with Crippen LogP contribution in [-0.2, 0) is 0 Å². The summed E-state index contributed by atoms with van der Waals surface area (Å²) in [5.74, 6) is 5.96. The quantitative estimate of drug-likeness (QED) is 0.435. The Kier molecular flexibility index (Phi) is 5.00. The van der Waals surface area contributed by atoms with Crippen LogP contribution in [0.25, 0.3) is 0 Å². The van der Waals surface area contributed by atoms with E-state index in [0.717, 1.165) is 10.9 Å². The first-order valence-corrected chi connectivity index (χ1v) is 5.56. The van der Waals surface area contributed by atoms with Crippen LogP contribution in [0.3, 0.4) is 0 Å². The zero-order chi connectivity index (χ0) is 10.4. The third-order valence-corrected chi connectivity index (χ3v) is 2.35. The van der Waals surface area contributed by atoms with E-state index in [1.165, 1.54) is 6.07 Å². The highest BCUT2D eigenvalue weighted by Crippen LogP contribution is 2.14. The summed E-state index contributed by atoms with van der Waals surface area (Å²) >= 11 is 8.75. The lowest BCUT2D eigenvalue weighted by atomic mass is 10.2. The average molecular weight is 276 g/mol. The lowest BCUT2D eigenvalue weighted by molar-refractivity contribution is 0.624. The van der Waals surface area contributed by atoms with Gasteiger partial charge >= 0.3 is 0 Å². The second kappa shape index (κ2) is 6.06. The van der Waals surface area contributed by atoms with Gasteiger partial charge in [-0.2, -0.15) is 0 Å². The van der Waals surface area contributed by atoms with Crippen molar-refractivity contribution in [1.29, 1.82) is 0 Å². The molecule has 1 aromatic carbocycles. The molecule has 1 aromatic rings. The summed E-state index contributed by atoms with van der Waals surface area (Å²) in [5.41, 5.74) is 0.425. The number of benzene rings is 1. The molecule has 0 aliphatic heterocycles. The van der Waals surface area contributed by atoms with Gasteiger partial charge in [0.05, 0.1) is 5.56 Å². The van der Waals surface area contributed by atoms with E-state index in [-0.39, 0.29) is 5.82 Å².